The molecule has 0 N–H and O–H groups in total. The highest BCUT2D eigenvalue weighted by atomic mass is 35.5. The molecule has 0 spiro atoms. The van der Waals surface area contributed by atoms with Crippen molar-refractivity contribution in [2.24, 2.45) is 0 Å². The summed E-state index contributed by atoms with van der Waals surface area (Å²) in [4.78, 5) is 18.5. The third-order valence-corrected chi connectivity index (χ3v) is 5.75. The molecule has 124 valence electrons. The summed E-state index contributed by atoms with van der Waals surface area (Å²) in [5.74, 6) is 0.507. The topological polar surface area (TPSA) is 47.3 Å². The van der Waals surface area contributed by atoms with Crippen LogP contribution >= 0.6 is 45.9 Å². The summed E-state index contributed by atoms with van der Waals surface area (Å²) < 4.78 is 1.84. The molecule has 0 bridgehead atoms. The van der Waals surface area contributed by atoms with E-state index in [9.17, 15) is 4.79 Å². The lowest BCUT2D eigenvalue weighted by Crippen LogP contribution is -2.23. The van der Waals surface area contributed by atoms with Crippen molar-refractivity contribution in [3.63, 3.8) is 0 Å². The van der Waals surface area contributed by atoms with Crippen LogP contribution in [0.1, 0.15) is 16.3 Å². The van der Waals surface area contributed by atoms with Crippen molar-refractivity contribution in [3.05, 3.63) is 76.9 Å². The molecule has 0 unspecified atom stereocenters. The van der Waals surface area contributed by atoms with Gasteiger partial charge < -0.3 is 0 Å². The summed E-state index contributed by atoms with van der Waals surface area (Å²) in [6, 6.07) is 9.12. The maximum absolute atomic E-state index is 12.5. The Hall–Kier alpha value is -1.99. The minimum Gasteiger partial charge on any atom is -0.266 e. The summed E-state index contributed by atoms with van der Waals surface area (Å²) in [6.45, 7) is 0. The molecule has 0 atom stereocenters. The largest absolute Gasteiger partial charge is 0.291 e. The Morgan fingerprint density at radius 2 is 2.04 bits per heavy atom. The zero-order valence-corrected chi connectivity index (χ0v) is 15.7. The van der Waals surface area contributed by atoms with Gasteiger partial charge in [-0.25, -0.2) is 0 Å². The molecule has 0 saturated heterocycles. The van der Waals surface area contributed by atoms with Gasteiger partial charge in [0.15, 0.2) is 5.82 Å². The Morgan fingerprint density at radius 1 is 1.16 bits per heavy atom. The van der Waals surface area contributed by atoms with Crippen LogP contribution in [0.4, 0.5) is 0 Å². The quantitative estimate of drug-likeness (QED) is 0.512. The minimum atomic E-state index is -0.214. The highest BCUT2D eigenvalue weighted by Gasteiger charge is 2.09. The summed E-state index contributed by atoms with van der Waals surface area (Å²) in [5.41, 5.74) is 0.514. The molecule has 0 aliphatic heterocycles. The van der Waals surface area contributed by atoms with E-state index in [2.05, 4.69) is 10.1 Å². The van der Waals surface area contributed by atoms with E-state index in [4.69, 9.17) is 23.2 Å². The van der Waals surface area contributed by atoms with E-state index in [0.29, 0.717) is 25.4 Å². The first-order valence-corrected chi connectivity index (χ1v) is 9.63. The van der Waals surface area contributed by atoms with Gasteiger partial charge in [-0.1, -0.05) is 46.7 Å². The molecule has 0 amide bonds. The number of rotatable bonds is 3. The number of thiazole rings is 1. The molecule has 0 radical (unpaired) electrons. The lowest BCUT2D eigenvalue weighted by atomic mass is 10.2. The predicted molar refractivity (Wildman–Crippen MR) is 106 cm³/mol. The molecule has 25 heavy (non-hydrogen) atoms. The maximum Gasteiger partial charge on any atom is 0.291 e. The lowest BCUT2D eigenvalue weighted by Gasteiger charge is -1.97. The van der Waals surface area contributed by atoms with E-state index < -0.39 is 0 Å². The van der Waals surface area contributed by atoms with Gasteiger partial charge in [0.1, 0.15) is 0 Å². The van der Waals surface area contributed by atoms with Crippen LogP contribution in [0.15, 0.2) is 40.5 Å². The van der Waals surface area contributed by atoms with Crippen molar-refractivity contribution in [1.82, 2.24) is 14.6 Å². The van der Waals surface area contributed by atoms with Crippen LogP contribution < -0.4 is 10.1 Å². The van der Waals surface area contributed by atoms with E-state index >= 15 is 0 Å². The van der Waals surface area contributed by atoms with E-state index in [0.717, 1.165) is 10.4 Å². The van der Waals surface area contributed by atoms with Crippen LogP contribution in [0.3, 0.4) is 0 Å². The Balaban J connectivity index is 1.73. The smallest absolute Gasteiger partial charge is 0.266 e. The van der Waals surface area contributed by atoms with E-state index in [1.807, 2.05) is 23.6 Å². The Kier molecular flexibility index (Phi) is 4.43. The monoisotopic (exact) mass is 405 g/mol. The zero-order chi connectivity index (χ0) is 17.4. The Bertz CT molecular complexity index is 1190. The third-order valence-electron chi connectivity index (χ3n) is 3.39. The van der Waals surface area contributed by atoms with Crippen molar-refractivity contribution in [2.45, 2.75) is 0 Å². The summed E-state index contributed by atoms with van der Waals surface area (Å²) in [7, 11) is 0. The number of fused-ring (bicyclic) bond motifs is 1. The van der Waals surface area contributed by atoms with E-state index in [1.165, 1.54) is 15.9 Å². The zero-order valence-electron chi connectivity index (χ0n) is 12.5. The molecule has 4 rings (SSSR count). The Morgan fingerprint density at radius 3 is 2.76 bits per heavy atom. The summed E-state index contributed by atoms with van der Waals surface area (Å²) >= 11 is 15.0. The van der Waals surface area contributed by atoms with Crippen molar-refractivity contribution < 1.29 is 0 Å². The molecule has 8 heteroatoms. The number of halogens is 2. The maximum atomic E-state index is 12.5. The predicted octanol–water partition coefficient (Wildman–Crippen LogP) is 4.24. The fourth-order valence-corrected chi connectivity index (χ4v) is 4.21. The average Bonchev–Trinajstić information content (AvgIpc) is 3.28. The second-order valence-electron chi connectivity index (χ2n) is 5.09. The second kappa shape index (κ2) is 6.72. The van der Waals surface area contributed by atoms with Crippen molar-refractivity contribution in [2.75, 3.05) is 0 Å². The molecule has 0 aliphatic rings. The number of thiophene rings is 1. The van der Waals surface area contributed by atoms with Crippen LogP contribution in [0, 0.1) is 0 Å². The molecule has 3 heterocycles. The first-order chi connectivity index (χ1) is 12.1. The lowest BCUT2D eigenvalue weighted by molar-refractivity contribution is 0.925. The normalized spacial score (nSPS) is 12.6. The molecule has 3 aromatic heterocycles. The molecule has 4 aromatic rings. The number of nitrogens with zero attached hydrogens (tertiary/aromatic N) is 3. The number of aromatic nitrogens is 3. The van der Waals surface area contributed by atoms with Gasteiger partial charge in [0.05, 0.1) is 4.53 Å². The van der Waals surface area contributed by atoms with Crippen LogP contribution in [0.2, 0.25) is 10.0 Å². The fourth-order valence-electron chi connectivity index (χ4n) is 2.22. The number of hydrogen-bond acceptors (Lipinski definition) is 5. The van der Waals surface area contributed by atoms with Gasteiger partial charge in [-0.2, -0.15) is 9.50 Å². The number of hydrogen-bond donors (Lipinski definition) is 0. The van der Waals surface area contributed by atoms with Gasteiger partial charge in [0.25, 0.3) is 5.56 Å². The van der Waals surface area contributed by atoms with Crippen molar-refractivity contribution >= 4 is 69.1 Å². The molecular weight excluding hydrogens is 397 g/mol. The van der Waals surface area contributed by atoms with Gasteiger partial charge in [0.2, 0.25) is 4.96 Å². The van der Waals surface area contributed by atoms with Crippen molar-refractivity contribution in [3.8, 4) is 0 Å². The van der Waals surface area contributed by atoms with Crippen molar-refractivity contribution in [1.29, 1.82) is 0 Å². The van der Waals surface area contributed by atoms with E-state index in [1.54, 1.807) is 41.7 Å². The molecule has 0 aliphatic carbocycles. The van der Waals surface area contributed by atoms with Gasteiger partial charge in [-0.3, -0.25) is 4.79 Å². The van der Waals surface area contributed by atoms with Crippen LogP contribution in [-0.4, -0.2) is 14.6 Å². The number of benzene rings is 1. The van der Waals surface area contributed by atoms with E-state index in [-0.39, 0.29) is 5.56 Å². The summed E-state index contributed by atoms with van der Waals surface area (Å²) in [6.07, 6.45) is 5.45. The second-order valence-corrected chi connectivity index (χ2v) is 7.93. The highest BCUT2D eigenvalue weighted by molar-refractivity contribution is 7.15. The molecule has 0 saturated carbocycles. The first kappa shape index (κ1) is 16.5. The van der Waals surface area contributed by atoms with Gasteiger partial charge in [0, 0.05) is 14.9 Å². The van der Waals surface area contributed by atoms with Gasteiger partial charge in [-0.15, -0.1) is 16.4 Å². The van der Waals surface area contributed by atoms with Gasteiger partial charge >= 0.3 is 0 Å². The molecule has 0 fully saturated rings. The third kappa shape index (κ3) is 3.39. The molecule has 4 nitrogen and oxygen atoms in total. The van der Waals surface area contributed by atoms with Gasteiger partial charge in [-0.05, 0) is 47.4 Å². The first-order valence-electron chi connectivity index (χ1n) is 7.18. The van der Waals surface area contributed by atoms with Crippen LogP contribution in [-0.2, 0) is 0 Å². The minimum absolute atomic E-state index is 0.214. The summed E-state index contributed by atoms with van der Waals surface area (Å²) in [5, 5.41) is 7.30. The average molecular weight is 406 g/mol. The fraction of sp³-hybridized carbons (Fsp3) is 0. The Labute approximate surface area is 160 Å². The highest BCUT2D eigenvalue weighted by Crippen LogP contribution is 2.21. The van der Waals surface area contributed by atoms with Crippen LogP contribution in [0.25, 0.3) is 23.2 Å². The van der Waals surface area contributed by atoms with Crippen LogP contribution in [0.5, 0.6) is 0 Å². The molecular formula is C17H9Cl2N3OS2. The molecule has 1 aromatic carbocycles. The standard InChI is InChI=1S/C17H9Cl2N3OS2/c18-11-4-3-10(13(19)9-11)8-14-16(23)22-17(25-14)20-15(21-22)6-5-12-2-1-7-24-12/h1-9H. The SMILES string of the molecule is O=c1c(=Cc2ccc(Cl)cc2Cl)sc2nc(C=Cc3cccs3)nn12.